The van der Waals surface area contributed by atoms with E-state index in [2.05, 4.69) is 10.2 Å². The fourth-order valence-electron chi connectivity index (χ4n) is 3.98. The van der Waals surface area contributed by atoms with Gasteiger partial charge in [0, 0.05) is 23.6 Å². The number of halogens is 1. The van der Waals surface area contributed by atoms with Crippen LogP contribution in [0.25, 0.3) is 11.1 Å². The van der Waals surface area contributed by atoms with Gasteiger partial charge in [-0.3, -0.25) is 9.89 Å². The third-order valence-corrected chi connectivity index (χ3v) is 5.75. The number of amides is 1. The molecule has 0 spiro atoms. The molecule has 0 unspecified atom stereocenters. The van der Waals surface area contributed by atoms with Gasteiger partial charge in [-0.05, 0) is 54.7 Å². The number of methoxy groups -OCH3 is 1. The molecule has 1 saturated heterocycles. The number of benzene rings is 2. The number of aromatic nitrogens is 2. The van der Waals surface area contributed by atoms with Gasteiger partial charge in [-0.2, -0.15) is 5.10 Å². The standard InChI is InChI=1S/C23H24ClN3O2/c1-29-19-5-2-4-17(14-19)20-15-25-26-23(20)21-6-3-13-27(21)22(28)12-9-16-7-10-18(24)11-8-16/h2,4-5,7-8,10-11,14-15,21H,3,6,9,12-13H2,1H3,(H,25,26)/t21-/m1/s1. The van der Waals surface area contributed by atoms with Gasteiger partial charge in [-0.25, -0.2) is 0 Å². The summed E-state index contributed by atoms with van der Waals surface area (Å²) >= 11 is 5.95. The Kier molecular flexibility index (Phi) is 5.86. The Morgan fingerprint density at radius 2 is 2.10 bits per heavy atom. The minimum atomic E-state index is 0.0245. The lowest BCUT2D eigenvalue weighted by molar-refractivity contribution is -0.132. The van der Waals surface area contributed by atoms with Gasteiger partial charge in [0.1, 0.15) is 5.75 Å². The number of likely N-dealkylation sites (tertiary alicyclic amines) is 1. The average molecular weight is 410 g/mol. The minimum Gasteiger partial charge on any atom is -0.497 e. The van der Waals surface area contributed by atoms with E-state index in [1.807, 2.05) is 59.6 Å². The predicted molar refractivity (Wildman–Crippen MR) is 114 cm³/mol. The van der Waals surface area contributed by atoms with Crippen LogP contribution in [-0.2, 0) is 11.2 Å². The maximum Gasteiger partial charge on any atom is 0.223 e. The molecule has 29 heavy (non-hydrogen) atoms. The maximum atomic E-state index is 13.0. The SMILES string of the molecule is COc1cccc(-c2cn[nH]c2[C@H]2CCCN2C(=O)CCc2ccc(Cl)cc2)c1. The zero-order valence-corrected chi connectivity index (χ0v) is 17.2. The number of hydrogen-bond donors (Lipinski definition) is 1. The van der Waals surface area contributed by atoms with Crippen molar-refractivity contribution in [2.24, 2.45) is 0 Å². The molecule has 0 saturated carbocycles. The molecule has 3 aromatic rings. The van der Waals surface area contributed by atoms with E-state index in [0.717, 1.165) is 47.5 Å². The summed E-state index contributed by atoms with van der Waals surface area (Å²) in [7, 11) is 1.66. The number of nitrogens with zero attached hydrogens (tertiary/aromatic N) is 2. The molecule has 2 heterocycles. The van der Waals surface area contributed by atoms with E-state index < -0.39 is 0 Å². The average Bonchev–Trinajstić information content (AvgIpc) is 3.42. The quantitative estimate of drug-likeness (QED) is 0.620. The third kappa shape index (κ3) is 4.30. The van der Waals surface area contributed by atoms with Gasteiger partial charge in [0.25, 0.3) is 0 Å². The molecule has 1 fully saturated rings. The van der Waals surface area contributed by atoms with E-state index in [-0.39, 0.29) is 11.9 Å². The molecular weight excluding hydrogens is 386 g/mol. The summed E-state index contributed by atoms with van der Waals surface area (Å²) in [6, 6.07) is 15.6. The van der Waals surface area contributed by atoms with Gasteiger partial charge in [0.05, 0.1) is 25.0 Å². The molecule has 1 N–H and O–H groups in total. The molecule has 150 valence electrons. The summed E-state index contributed by atoms with van der Waals surface area (Å²) in [5.41, 5.74) is 4.17. The number of aromatic amines is 1. The van der Waals surface area contributed by atoms with Crippen LogP contribution in [0.15, 0.2) is 54.7 Å². The van der Waals surface area contributed by atoms with Crippen LogP contribution in [-0.4, -0.2) is 34.7 Å². The van der Waals surface area contributed by atoms with Gasteiger partial charge >= 0.3 is 0 Å². The van der Waals surface area contributed by atoms with Crippen LogP contribution in [0.3, 0.4) is 0 Å². The molecule has 1 aliphatic heterocycles. The van der Waals surface area contributed by atoms with Crippen molar-refractivity contribution in [1.29, 1.82) is 0 Å². The van der Waals surface area contributed by atoms with Gasteiger partial charge in [0.15, 0.2) is 0 Å². The van der Waals surface area contributed by atoms with Crippen molar-refractivity contribution in [3.05, 3.63) is 71.0 Å². The number of aryl methyl sites for hydroxylation is 1. The van der Waals surface area contributed by atoms with Crippen molar-refractivity contribution in [1.82, 2.24) is 15.1 Å². The number of rotatable bonds is 6. The van der Waals surface area contributed by atoms with Gasteiger partial charge < -0.3 is 9.64 Å². The van der Waals surface area contributed by atoms with Gasteiger partial charge in [0.2, 0.25) is 5.91 Å². The summed E-state index contributed by atoms with van der Waals surface area (Å²) in [5, 5.41) is 8.14. The lowest BCUT2D eigenvalue weighted by atomic mass is 10.0. The Morgan fingerprint density at radius 3 is 2.90 bits per heavy atom. The van der Waals surface area contributed by atoms with E-state index in [1.54, 1.807) is 7.11 Å². The zero-order valence-electron chi connectivity index (χ0n) is 16.4. The normalized spacial score (nSPS) is 16.2. The molecule has 2 aromatic carbocycles. The zero-order chi connectivity index (χ0) is 20.2. The van der Waals surface area contributed by atoms with Crippen LogP contribution in [0.4, 0.5) is 0 Å². The summed E-state index contributed by atoms with van der Waals surface area (Å²) < 4.78 is 5.36. The molecule has 0 radical (unpaired) electrons. The van der Waals surface area contributed by atoms with Crippen LogP contribution in [0, 0.1) is 0 Å². The smallest absolute Gasteiger partial charge is 0.223 e. The van der Waals surface area contributed by atoms with E-state index in [9.17, 15) is 4.79 Å². The largest absolute Gasteiger partial charge is 0.497 e. The molecule has 0 aliphatic carbocycles. The first-order valence-corrected chi connectivity index (χ1v) is 10.2. The molecule has 1 amide bonds. The highest BCUT2D eigenvalue weighted by atomic mass is 35.5. The number of carbonyl (C=O) groups excluding carboxylic acids is 1. The Labute approximate surface area is 175 Å². The second kappa shape index (κ2) is 8.70. The number of hydrogen-bond acceptors (Lipinski definition) is 3. The topological polar surface area (TPSA) is 58.2 Å². The second-order valence-electron chi connectivity index (χ2n) is 7.30. The first-order valence-electron chi connectivity index (χ1n) is 9.87. The second-order valence-corrected chi connectivity index (χ2v) is 7.74. The van der Waals surface area contributed by atoms with Crippen LogP contribution in [0.1, 0.15) is 36.6 Å². The summed E-state index contributed by atoms with van der Waals surface area (Å²) in [4.78, 5) is 15.0. The molecule has 5 nitrogen and oxygen atoms in total. The first-order chi connectivity index (χ1) is 14.2. The van der Waals surface area contributed by atoms with E-state index >= 15 is 0 Å². The maximum absolute atomic E-state index is 13.0. The molecule has 1 atom stereocenters. The fourth-order valence-corrected chi connectivity index (χ4v) is 4.11. The van der Waals surface area contributed by atoms with E-state index in [0.29, 0.717) is 17.9 Å². The molecule has 0 bridgehead atoms. The number of ether oxygens (including phenoxy) is 1. The first kappa shape index (κ1) is 19.5. The highest BCUT2D eigenvalue weighted by Crippen LogP contribution is 2.37. The molecule has 1 aromatic heterocycles. The highest BCUT2D eigenvalue weighted by molar-refractivity contribution is 6.30. The molecular formula is C23H24ClN3O2. The predicted octanol–water partition coefficient (Wildman–Crippen LogP) is 5.04. The number of H-pyrrole nitrogens is 1. The summed E-state index contributed by atoms with van der Waals surface area (Å²) in [5.74, 6) is 0.977. The lowest BCUT2D eigenvalue weighted by Gasteiger charge is -2.25. The third-order valence-electron chi connectivity index (χ3n) is 5.50. The Morgan fingerprint density at radius 1 is 1.28 bits per heavy atom. The van der Waals surface area contributed by atoms with Crippen molar-refractivity contribution in [3.8, 4) is 16.9 Å². The van der Waals surface area contributed by atoms with Crippen molar-refractivity contribution >= 4 is 17.5 Å². The molecule has 4 rings (SSSR count). The lowest BCUT2D eigenvalue weighted by Crippen LogP contribution is -2.31. The van der Waals surface area contributed by atoms with Crippen molar-refractivity contribution in [2.45, 2.75) is 31.7 Å². The van der Waals surface area contributed by atoms with E-state index in [4.69, 9.17) is 16.3 Å². The summed E-state index contributed by atoms with van der Waals surface area (Å²) in [6.45, 7) is 0.778. The Hall–Kier alpha value is -2.79. The van der Waals surface area contributed by atoms with Crippen LogP contribution in [0.5, 0.6) is 5.75 Å². The minimum absolute atomic E-state index is 0.0245. The Bertz CT molecular complexity index is 984. The number of nitrogens with one attached hydrogen (secondary N) is 1. The van der Waals surface area contributed by atoms with Crippen molar-refractivity contribution in [3.63, 3.8) is 0 Å². The Balaban J connectivity index is 1.50. The fraction of sp³-hybridized carbons (Fsp3) is 0.304. The van der Waals surface area contributed by atoms with Crippen LogP contribution >= 0.6 is 11.6 Å². The van der Waals surface area contributed by atoms with Crippen LogP contribution < -0.4 is 4.74 Å². The molecule has 6 heteroatoms. The van der Waals surface area contributed by atoms with Crippen molar-refractivity contribution in [2.75, 3.05) is 13.7 Å². The van der Waals surface area contributed by atoms with Gasteiger partial charge in [-0.15, -0.1) is 0 Å². The van der Waals surface area contributed by atoms with Crippen molar-refractivity contribution < 1.29 is 9.53 Å². The monoisotopic (exact) mass is 409 g/mol. The molecule has 1 aliphatic rings. The van der Waals surface area contributed by atoms with E-state index in [1.165, 1.54) is 0 Å². The summed E-state index contributed by atoms with van der Waals surface area (Å²) in [6.07, 6.45) is 4.96. The van der Waals surface area contributed by atoms with Gasteiger partial charge in [-0.1, -0.05) is 35.9 Å². The van der Waals surface area contributed by atoms with Crippen LogP contribution in [0.2, 0.25) is 5.02 Å². The highest BCUT2D eigenvalue weighted by Gasteiger charge is 2.32. The number of carbonyl (C=O) groups is 1.